The number of fused-ring (bicyclic) bond motifs is 1. The second-order valence-corrected chi connectivity index (χ2v) is 8.34. The molecule has 0 spiro atoms. The van der Waals surface area contributed by atoms with Crippen molar-refractivity contribution in [2.75, 3.05) is 5.32 Å². The highest BCUT2D eigenvalue weighted by Crippen LogP contribution is 2.31. The Bertz CT molecular complexity index is 1140. The van der Waals surface area contributed by atoms with Crippen molar-refractivity contribution in [2.24, 2.45) is 0 Å². The van der Waals surface area contributed by atoms with E-state index in [1.54, 1.807) is 23.5 Å². The van der Waals surface area contributed by atoms with Crippen molar-refractivity contribution in [3.63, 3.8) is 0 Å². The summed E-state index contributed by atoms with van der Waals surface area (Å²) in [7, 11) is 0. The van der Waals surface area contributed by atoms with Crippen LogP contribution in [0, 0.1) is 0 Å². The van der Waals surface area contributed by atoms with Crippen molar-refractivity contribution < 1.29 is 4.79 Å². The molecule has 1 amide bonds. The number of halogens is 1. The molecule has 4 nitrogen and oxygen atoms in total. The summed E-state index contributed by atoms with van der Waals surface area (Å²) in [5.41, 5.74) is 3.31. The fourth-order valence-electron chi connectivity index (χ4n) is 2.66. The monoisotopic (exact) mass is 467 g/mol. The Morgan fingerprint density at radius 1 is 1.00 bits per heavy atom. The zero-order valence-electron chi connectivity index (χ0n) is 14.5. The van der Waals surface area contributed by atoms with Crippen LogP contribution in [0.15, 0.2) is 77.3 Å². The lowest BCUT2D eigenvalue weighted by atomic mass is 10.2. The maximum atomic E-state index is 12.3. The van der Waals surface area contributed by atoms with Gasteiger partial charge in [-0.05, 0) is 60.7 Å². The average Bonchev–Trinajstić information content (AvgIpc) is 3.13. The van der Waals surface area contributed by atoms with Crippen molar-refractivity contribution in [2.45, 2.75) is 0 Å². The highest BCUT2D eigenvalue weighted by Gasteiger charge is 2.10. The summed E-state index contributed by atoms with van der Waals surface area (Å²) in [6, 6.07) is 23.0. The van der Waals surface area contributed by atoms with Crippen molar-refractivity contribution in [1.82, 2.24) is 10.3 Å². The van der Waals surface area contributed by atoms with E-state index in [9.17, 15) is 4.79 Å². The molecule has 7 heteroatoms. The summed E-state index contributed by atoms with van der Waals surface area (Å²) in [5, 5.41) is 6.95. The van der Waals surface area contributed by atoms with Crippen LogP contribution in [0.3, 0.4) is 0 Å². The van der Waals surface area contributed by atoms with Gasteiger partial charge in [0.2, 0.25) is 0 Å². The first-order valence-corrected chi connectivity index (χ1v) is 10.4. The van der Waals surface area contributed by atoms with Crippen LogP contribution in [-0.2, 0) is 0 Å². The van der Waals surface area contributed by atoms with E-state index in [-0.39, 0.29) is 11.0 Å². The van der Waals surface area contributed by atoms with Crippen LogP contribution in [0.2, 0.25) is 0 Å². The molecule has 0 aliphatic carbocycles. The lowest BCUT2D eigenvalue weighted by Gasteiger charge is -2.10. The molecule has 0 saturated heterocycles. The third kappa shape index (κ3) is 4.27. The van der Waals surface area contributed by atoms with Crippen molar-refractivity contribution in [3.05, 3.63) is 82.8 Å². The van der Waals surface area contributed by atoms with Gasteiger partial charge in [0, 0.05) is 21.3 Å². The van der Waals surface area contributed by atoms with Gasteiger partial charge in [0.15, 0.2) is 5.11 Å². The number of thiocarbonyl (C=S) groups is 1. The molecule has 0 atom stereocenters. The molecule has 0 unspecified atom stereocenters. The summed E-state index contributed by atoms with van der Waals surface area (Å²) in [5.74, 6) is -0.257. The third-order valence-corrected chi connectivity index (χ3v) is 5.81. The fourth-order valence-corrected chi connectivity index (χ4v) is 4.10. The van der Waals surface area contributed by atoms with Gasteiger partial charge in [-0.15, -0.1) is 11.3 Å². The van der Waals surface area contributed by atoms with Crippen molar-refractivity contribution in [3.8, 4) is 10.6 Å². The van der Waals surface area contributed by atoms with Gasteiger partial charge >= 0.3 is 0 Å². The second-order valence-electron chi connectivity index (χ2n) is 5.98. The summed E-state index contributed by atoms with van der Waals surface area (Å²) >= 11 is 10.3. The SMILES string of the molecule is O=C(NC(=S)Nc1cccc(-c2nc3ccccc3s2)c1)c1ccc(Br)cc1. The Morgan fingerprint density at radius 3 is 2.57 bits per heavy atom. The van der Waals surface area contributed by atoms with Crippen LogP contribution in [0.25, 0.3) is 20.8 Å². The van der Waals surface area contributed by atoms with E-state index in [0.717, 1.165) is 30.9 Å². The molecule has 0 aliphatic rings. The molecular formula is C21H14BrN3OS2. The molecule has 4 rings (SSSR count). The molecule has 0 radical (unpaired) electrons. The number of anilines is 1. The molecule has 4 aromatic rings. The maximum Gasteiger partial charge on any atom is 0.257 e. The largest absolute Gasteiger partial charge is 0.332 e. The van der Waals surface area contributed by atoms with Crippen LogP contribution >= 0.6 is 39.5 Å². The molecule has 2 N–H and O–H groups in total. The number of nitrogens with zero attached hydrogens (tertiary/aromatic N) is 1. The predicted molar refractivity (Wildman–Crippen MR) is 123 cm³/mol. The third-order valence-electron chi connectivity index (χ3n) is 3.99. The molecule has 1 heterocycles. The molecular weight excluding hydrogens is 454 g/mol. The minimum atomic E-state index is -0.257. The second kappa shape index (κ2) is 8.18. The van der Waals surface area contributed by atoms with Crippen LogP contribution in [-0.4, -0.2) is 16.0 Å². The van der Waals surface area contributed by atoms with E-state index >= 15 is 0 Å². The van der Waals surface area contributed by atoms with Crippen LogP contribution in [0.4, 0.5) is 5.69 Å². The standard InChI is InChI=1S/C21H14BrN3OS2/c22-15-10-8-13(9-11-15)19(26)25-21(27)23-16-5-3-4-14(12-16)20-24-17-6-1-2-7-18(17)28-20/h1-12H,(H2,23,25,26,27). The van der Waals surface area contributed by atoms with Gasteiger partial charge in [0.05, 0.1) is 10.2 Å². The molecule has 0 aliphatic heterocycles. The summed E-state index contributed by atoms with van der Waals surface area (Å²) in [6.07, 6.45) is 0. The minimum Gasteiger partial charge on any atom is -0.332 e. The topological polar surface area (TPSA) is 54.0 Å². The number of thiazole rings is 1. The first-order valence-electron chi connectivity index (χ1n) is 8.42. The van der Waals surface area contributed by atoms with Gasteiger partial charge in [-0.1, -0.05) is 40.2 Å². The highest BCUT2D eigenvalue weighted by molar-refractivity contribution is 9.10. The minimum absolute atomic E-state index is 0.245. The first-order chi connectivity index (χ1) is 13.6. The summed E-state index contributed by atoms with van der Waals surface area (Å²) in [4.78, 5) is 17.0. The van der Waals surface area contributed by atoms with Crippen molar-refractivity contribution >= 4 is 66.4 Å². The molecule has 0 saturated carbocycles. The van der Waals surface area contributed by atoms with E-state index in [1.807, 2.05) is 54.6 Å². The number of aromatic nitrogens is 1. The maximum absolute atomic E-state index is 12.3. The average molecular weight is 468 g/mol. The van der Waals surface area contributed by atoms with Crippen LogP contribution < -0.4 is 10.6 Å². The quantitative estimate of drug-likeness (QED) is 0.370. The lowest BCUT2D eigenvalue weighted by molar-refractivity contribution is 0.0977. The number of carbonyl (C=O) groups excluding carboxylic acids is 1. The van der Waals surface area contributed by atoms with Gasteiger partial charge in [0.25, 0.3) is 5.91 Å². The number of amides is 1. The predicted octanol–water partition coefficient (Wildman–Crippen LogP) is 5.85. The van der Waals surface area contributed by atoms with E-state index in [4.69, 9.17) is 12.2 Å². The molecule has 138 valence electrons. The molecule has 0 bridgehead atoms. The van der Waals surface area contributed by atoms with Gasteiger partial charge in [-0.2, -0.15) is 0 Å². The number of hydrogen-bond acceptors (Lipinski definition) is 4. The van der Waals surface area contributed by atoms with Gasteiger partial charge < -0.3 is 5.32 Å². The lowest BCUT2D eigenvalue weighted by Crippen LogP contribution is -2.34. The van der Waals surface area contributed by atoms with E-state index in [2.05, 4.69) is 37.6 Å². The number of para-hydroxylation sites is 1. The van der Waals surface area contributed by atoms with E-state index in [1.165, 1.54) is 0 Å². The zero-order valence-corrected chi connectivity index (χ0v) is 17.7. The number of benzene rings is 3. The number of hydrogen-bond donors (Lipinski definition) is 2. The molecule has 28 heavy (non-hydrogen) atoms. The van der Waals surface area contributed by atoms with Crippen LogP contribution in [0.1, 0.15) is 10.4 Å². The molecule has 1 aromatic heterocycles. The fraction of sp³-hybridized carbons (Fsp3) is 0. The Morgan fingerprint density at radius 2 is 1.79 bits per heavy atom. The number of carbonyl (C=O) groups is 1. The first kappa shape index (κ1) is 18.7. The van der Waals surface area contributed by atoms with Gasteiger partial charge in [-0.3, -0.25) is 10.1 Å². The van der Waals surface area contributed by atoms with Gasteiger partial charge in [0.1, 0.15) is 5.01 Å². The summed E-state index contributed by atoms with van der Waals surface area (Å²) in [6.45, 7) is 0. The Labute approximate surface area is 179 Å². The van der Waals surface area contributed by atoms with Gasteiger partial charge in [-0.25, -0.2) is 4.98 Å². The van der Waals surface area contributed by atoms with Crippen LogP contribution in [0.5, 0.6) is 0 Å². The zero-order chi connectivity index (χ0) is 19.5. The Kier molecular flexibility index (Phi) is 5.47. The smallest absolute Gasteiger partial charge is 0.257 e. The Balaban J connectivity index is 1.47. The van der Waals surface area contributed by atoms with Crippen molar-refractivity contribution in [1.29, 1.82) is 0 Å². The molecule has 0 fully saturated rings. The molecule has 3 aromatic carbocycles. The summed E-state index contributed by atoms with van der Waals surface area (Å²) < 4.78 is 2.06. The normalized spacial score (nSPS) is 10.6. The van der Waals surface area contributed by atoms with E-state index < -0.39 is 0 Å². The highest BCUT2D eigenvalue weighted by atomic mass is 79.9. The van der Waals surface area contributed by atoms with E-state index in [0.29, 0.717) is 5.56 Å². The Hall–Kier alpha value is -2.61. The number of rotatable bonds is 3. The number of nitrogens with one attached hydrogen (secondary N) is 2.